The number of hydrogen-bond donors (Lipinski definition) is 2. The Morgan fingerprint density at radius 2 is 1.69 bits per heavy atom. The van der Waals surface area contributed by atoms with Crippen molar-refractivity contribution < 1.29 is 18.8 Å². The van der Waals surface area contributed by atoms with Crippen molar-refractivity contribution in [2.24, 2.45) is 5.41 Å². The average Bonchev–Trinajstić information content (AvgIpc) is 3.46. The van der Waals surface area contributed by atoms with Crippen molar-refractivity contribution in [1.82, 2.24) is 15.5 Å². The molecule has 0 radical (unpaired) electrons. The number of fused-ring (bicyclic) bond motifs is 1. The SMILES string of the molecule is CC(C)(C)C(=O)N1CCCC1C(=O)N[C@H](Cc1ccc2ccccc2c1)C(=O)CCCCCNCc1ccccc1F. The summed E-state index contributed by atoms with van der Waals surface area (Å²) in [5.41, 5.74) is 1.05. The molecule has 6 nitrogen and oxygen atoms in total. The second-order valence-electron chi connectivity index (χ2n) is 12.4. The maximum absolute atomic E-state index is 13.8. The molecular weight excluding hydrogens is 529 g/mol. The molecule has 42 heavy (non-hydrogen) atoms. The van der Waals surface area contributed by atoms with E-state index in [9.17, 15) is 18.8 Å². The van der Waals surface area contributed by atoms with Gasteiger partial charge in [-0.05, 0) is 61.1 Å². The van der Waals surface area contributed by atoms with Gasteiger partial charge in [0, 0.05) is 30.5 Å². The first-order chi connectivity index (χ1) is 20.1. The van der Waals surface area contributed by atoms with Crippen LogP contribution in [0.2, 0.25) is 0 Å². The molecule has 1 saturated heterocycles. The van der Waals surface area contributed by atoms with E-state index in [0.29, 0.717) is 44.3 Å². The first-order valence-corrected chi connectivity index (χ1v) is 15.2. The predicted molar refractivity (Wildman–Crippen MR) is 165 cm³/mol. The van der Waals surface area contributed by atoms with Gasteiger partial charge in [-0.15, -0.1) is 0 Å². The van der Waals surface area contributed by atoms with Crippen LogP contribution in [0.5, 0.6) is 0 Å². The molecule has 1 unspecified atom stereocenters. The van der Waals surface area contributed by atoms with E-state index in [4.69, 9.17) is 0 Å². The number of likely N-dealkylation sites (tertiary alicyclic amines) is 1. The van der Waals surface area contributed by atoms with Gasteiger partial charge in [-0.25, -0.2) is 4.39 Å². The van der Waals surface area contributed by atoms with Gasteiger partial charge in [0.1, 0.15) is 11.9 Å². The van der Waals surface area contributed by atoms with Crippen LogP contribution in [0.15, 0.2) is 66.7 Å². The highest BCUT2D eigenvalue weighted by molar-refractivity contribution is 5.94. The van der Waals surface area contributed by atoms with E-state index in [1.807, 2.05) is 57.2 Å². The lowest BCUT2D eigenvalue weighted by Crippen LogP contribution is -2.53. The lowest BCUT2D eigenvalue weighted by Gasteiger charge is -2.31. The van der Waals surface area contributed by atoms with Crippen LogP contribution in [-0.4, -0.2) is 47.7 Å². The van der Waals surface area contributed by atoms with Crippen molar-refractivity contribution in [3.8, 4) is 0 Å². The highest BCUT2D eigenvalue weighted by Crippen LogP contribution is 2.26. The van der Waals surface area contributed by atoms with E-state index < -0.39 is 17.5 Å². The summed E-state index contributed by atoms with van der Waals surface area (Å²) in [6.45, 7) is 7.36. The summed E-state index contributed by atoms with van der Waals surface area (Å²) in [7, 11) is 0. The number of hydrogen-bond acceptors (Lipinski definition) is 4. The molecule has 4 rings (SSSR count). The van der Waals surface area contributed by atoms with Gasteiger partial charge in [-0.1, -0.05) is 87.9 Å². The number of nitrogens with zero attached hydrogens (tertiary/aromatic N) is 1. The number of nitrogens with one attached hydrogen (secondary N) is 2. The average molecular weight is 574 g/mol. The Kier molecular flexibility index (Phi) is 10.9. The number of halogens is 1. The summed E-state index contributed by atoms with van der Waals surface area (Å²) < 4.78 is 13.8. The molecular formula is C35H44FN3O3. The van der Waals surface area contributed by atoms with Gasteiger partial charge in [0.15, 0.2) is 5.78 Å². The molecule has 1 aliphatic rings. The standard InChI is InChI=1S/C35H44FN3O3/c1-35(2,3)34(42)39-21-11-16-31(39)33(41)38-30(23-25-18-19-26-12-6-7-13-27(26)22-25)32(40)17-5-4-10-20-37-24-28-14-8-9-15-29(28)36/h6-9,12-15,18-19,22,30-31,37H,4-5,10-11,16-17,20-21,23-24H2,1-3H3,(H,38,41)/t30-,31?/m1/s1. The molecule has 3 aromatic rings. The number of amides is 2. The Bertz CT molecular complexity index is 1380. The van der Waals surface area contributed by atoms with Crippen molar-refractivity contribution in [3.63, 3.8) is 0 Å². The van der Waals surface area contributed by atoms with Crippen LogP contribution in [0.1, 0.15) is 70.4 Å². The van der Waals surface area contributed by atoms with Gasteiger partial charge in [-0.2, -0.15) is 0 Å². The smallest absolute Gasteiger partial charge is 0.243 e. The largest absolute Gasteiger partial charge is 0.344 e. The normalized spacial score (nSPS) is 16.0. The number of Topliss-reactive ketones (excluding diaryl/α,β-unsaturated/α-hetero) is 1. The van der Waals surface area contributed by atoms with Gasteiger partial charge in [0.25, 0.3) is 0 Å². The number of benzene rings is 3. The lowest BCUT2D eigenvalue weighted by atomic mass is 9.94. The fourth-order valence-electron chi connectivity index (χ4n) is 5.59. The molecule has 0 saturated carbocycles. The van der Waals surface area contributed by atoms with Gasteiger partial charge in [0.05, 0.1) is 6.04 Å². The van der Waals surface area contributed by atoms with E-state index in [1.165, 1.54) is 6.07 Å². The molecule has 2 N–H and O–H groups in total. The monoisotopic (exact) mass is 573 g/mol. The van der Waals surface area contributed by atoms with Crippen molar-refractivity contribution in [3.05, 3.63) is 83.7 Å². The zero-order valence-corrected chi connectivity index (χ0v) is 25.1. The minimum absolute atomic E-state index is 0.00233. The van der Waals surface area contributed by atoms with E-state index in [-0.39, 0.29) is 23.4 Å². The Labute approximate surface area is 249 Å². The number of ketones is 1. The summed E-state index contributed by atoms with van der Waals surface area (Å²) in [5.74, 6) is -0.496. The maximum Gasteiger partial charge on any atom is 0.243 e. The molecule has 224 valence electrons. The molecule has 0 bridgehead atoms. The number of unbranched alkanes of at least 4 members (excludes halogenated alkanes) is 2. The molecule has 3 aromatic carbocycles. The van der Waals surface area contributed by atoms with Gasteiger partial charge < -0.3 is 15.5 Å². The van der Waals surface area contributed by atoms with Gasteiger partial charge in [-0.3, -0.25) is 14.4 Å². The van der Waals surface area contributed by atoms with Crippen LogP contribution < -0.4 is 10.6 Å². The molecule has 7 heteroatoms. The summed E-state index contributed by atoms with van der Waals surface area (Å²) in [4.78, 5) is 41.7. The zero-order valence-electron chi connectivity index (χ0n) is 25.1. The summed E-state index contributed by atoms with van der Waals surface area (Å²) in [6.07, 6.45) is 4.57. The summed E-state index contributed by atoms with van der Waals surface area (Å²) in [5, 5.41) is 8.53. The first-order valence-electron chi connectivity index (χ1n) is 15.2. The minimum atomic E-state index is -0.662. The van der Waals surface area contributed by atoms with Crippen LogP contribution in [0.3, 0.4) is 0 Å². The number of rotatable bonds is 13. The first kappa shape index (κ1) is 31.4. The van der Waals surface area contributed by atoms with Crippen LogP contribution in [0.4, 0.5) is 4.39 Å². The second kappa shape index (κ2) is 14.5. The van der Waals surface area contributed by atoms with Crippen molar-refractivity contribution in [1.29, 1.82) is 0 Å². The quantitative estimate of drug-likeness (QED) is 0.247. The molecule has 0 aromatic heterocycles. The molecule has 1 aliphatic heterocycles. The Morgan fingerprint density at radius 1 is 0.952 bits per heavy atom. The van der Waals surface area contributed by atoms with E-state index in [0.717, 1.165) is 42.1 Å². The topological polar surface area (TPSA) is 78.5 Å². The highest BCUT2D eigenvalue weighted by atomic mass is 19.1. The maximum atomic E-state index is 13.8. The van der Waals surface area contributed by atoms with Crippen LogP contribution >= 0.6 is 0 Å². The third-order valence-corrected chi connectivity index (χ3v) is 7.97. The zero-order chi connectivity index (χ0) is 30.1. The fourth-order valence-corrected chi connectivity index (χ4v) is 5.59. The van der Waals surface area contributed by atoms with Gasteiger partial charge in [0.2, 0.25) is 11.8 Å². The Morgan fingerprint density at radius 3 is 2.45 bits per heavy atom. The second-order valence-corrected chi connectivity index (χ2v) is 12.4. The summed E-state index contributed by atoms with van der Waals surface area (Å²) >= 11 is 0. The van der Waals surface area contributed by atoms with Gasteiger partial charge >= 0.3 is 0 Å². The molecule has 2 amide bonds. The Hall–Kier alpha value is -3.58. The molecule has 1 heterocycles. The molecule has 2 atom stereocenters. The number of carbonyl (C=O) groups is 3. The third-order valence-electron chi connectivity index (χ3n) is 7.97. The molecule has 1 fully saturated rings. The Balaban J connectivity index is 1.35. The van der Waals surface area contributed by atoms with Crippen LogP contribution in [0, 0.1) is 11.2 Å². The highest BCUT2D eigenvalue weighted by Gasteiger charge is 2.39. The molecule has 0 aliphatic carbocycles. The predicted octanol–water partition coefficient (Wildman–Crippen LogP) is 5.96. The summed E-state index contributed by atoms with van der Waals surface area (Å²) in [6, 6.07) is 19.7. The van der Waals surface area contributed by atoms with Crippen molar-refractivity contribution in [2.45, 2.75) is 84.3 Å². The van der Waals surface area contributed by atoms with Crippen LogP contribution in [0.25, 0.3) is 10.8 Å². The molecule has 0 spiro atoms. The van der Waals surface area contributed by atoms with E-state index in [2.05, 4.69) is 22.8 Å². The fraction of sp³-hybridized carbons (Fsp3) is 0.457. The number of carbonyl (C=O) groups excluding carboxylic acids is 3. The van der Waals surface area contributed by atoms with Crippen molar-refractivity contribution >= 4 is 28.4 Å². The third kappa shape index (κ3) is 8.48. The lowest BCUT2D eigenvalue weighted by molar-refractivity contribution is -0.145. The minimum Gasteiger partial charge on any atom is -0.344 e. The van der Waals surface area contributed by atoms with Crippen molar-refractivity contribution in [2.75, 3.05) is 13.1 Å². The van der Waals surface area contributed by atoms with Crippen LogP contribution in [-0.2, 0) is 27.3 Å². The van der Waals surface area contributed by atoms with E-state index >= 15 is 0 Å². The van der Waals surface area contributed by atoms with E-state index in [1.54, 1.807) is 17.0 Å².